The Hall–Kier alpha value is -2.47. The van der Waals surface area contributed by atoms with Crippen LogP contribution in [0.25, 0.3) is 0 Å². The number of rotatable bonds is 4. The minimum atomic E-state index is -1.27. The van der Waals surface area contributed by atoms with Crippen LogP contribution in [-0.2, 0) is 11.2 Å². The number of hydrogen-bond donors (Lipinski definition) is 2. The summed E-state index contributed by atoms with van der Waals surface area (Å²) in [6.07, 6.45) is -0.232. The van der Waals surface area contributed by atoms with Gasteiger partial charge in [0.25, 0.3) is 0 Å². The van der Waals surface area contributed by atoms with Gasteiger partial charge in [0, 0.05) is 24.3 Å². The molecule has 0 aliphatic carbocycles. The van der Waals surface area contributed by atoms with E-state index in [1.165, 1.54) is 0 Å². The van der Waals surface area contributed by atoms with Gasteiger partial charge in [-0.1, -0.05) is 30.3 Å². The number of carboxylic acid groups (broad SMARTS) is 1. The van der Waals surface area contributed by atoms with E-state index in [4.69, 9.17) is 0 Å². The Morgan fingerprint density at radius 2 is 1.92 bits per heavy atom. The van der Waals surface area contributed by atoms with E-state index in [2.05, 4.69) is 9.97 Å². The van der Waals surface area contributed by atoms with Crippen molar-refractivity contribution in [1.82, 2.24) is 9.97 Å². The Morgan fingerprint density at radius 3 is 2.58 bits per heavy atom. The van der Waals surface area contributed by atoms with Crippen molar-refractivity contribution in [2.24, 2.45) is 5.41 Å². The second kappa shape index (κ2) is 7.03. The van der Waals surface area contributed by atoms with Crippen LogP contribution < -0.4 is 4.90 Å². The first-order valence-electron chi connectivity index (χ1n) is 8.85. The topological polar surface area (TPSA) is 86.5 Å². The summed E-state index contributed by atoms with van der Waals surface area (Å²) < 4.78 is 0. The molecule has 6 heteroatoms. The molecule has 1 aromatic heterocycles. The van der Waals surface area contributed by atoms with Gasteiger partial charge in [-0.25, -0.2) is 9.97 Å². The van der Waals surface area contributed by atoms with Gasteiger partial charge in [-0.05, 0) is 39.2 Å². The van der Waals surface area contributed by atoms with Crippen molar-refractivity contribution in [3.8, 4) is 0 Å². The first kappa shape index (κ1) is 18.3. The van der Waals surface area contributed by atoms with Crippen LogP contribution in [0.3, 0.4) is 0 Å². The minimum absolute atomic E-state index is 0.217. The van der Waals surface area contributed by atoms with Gasteiger partial charge in [-0.2, -0.15) is 0 Å². The summed E-state index contributed by atoms with van der Waals surface area (Å²) in [5.74, 6) is 0.456. The van der Waals surface area contributed by atoms with Crippen molar-refractivity contribution < 1.29 is 15.0 Å². The van der Waals surface area contributed by atoms with E-state index in [1.54, 1.807) is 0 Å². The molecular weight excluding hydrogens is 330 g/mol. The highest BCUT2D eigenvalue weighted by Gasteiger charge is 2.49. The van der Waals surface area contributed by atoms with E-state index in [0.717, 1.165) is 22.6 Å². The number of carbonyl (C=O) groups is 1. The molecule has 1 aliphatic heterocycles. The number of piperidine rings is 1. The van der Waals surface area contributed by atoms with Gasteiger partial charge >= 0.3 is 5.97 Å². The lowest BCUT2D eigenvalue weighted by molar-refractivity contribution is -0.157. The summed E-state index contributed by atoms with van der Waals surface area (Å²) in [4.78, 5) is 23.2. The zero-order valence-corrected chi connectivity index (χ0v) is 15.4. The summed E-state index contributed by atoms with van der Waals surface area (Å²) in [6, 6.07) is 9.48. The van der Waals surface area contributed by atoms with Crippen LogP contribution in [0.2, 0.25) is 0 Å². The molecule has 0 bridgehead atoms. The predicted octanol–water partition coefficient (Wildman–Crippen LogP) is 2.29. The fourth-order valence-corrected chi connectivity index (χ4v) is 3.74. The summed E-state index contributed by atoms with van der Waals surface area (Å²) in [5.41, 5.74) is 1.48. The lowest BCUT2D eigenvalue weighted by Crippen LogP contribution is -2.57. The molecule has 0 radical (unpaired) electrons. The largest absolute Gasteiger partial charge is 0.481 e. The van der Waals surface area contributed by atoms with E-state index in [1.807, 2.05) is 56.0 Å². The highest BCUT2D eigenvalue weighted by atomic mass is 16.4. The van der Waals surface area contributed by atoms with Crippen LogP contribution in [0.5, 0.6) is 0 Å². The fraction of sp³-hybridized carbons (Fsp3) is 0.450. The van der Waals surface area contributed by atoms with E-state index >= 15 is 0 Å². The van der Waals surface area contributed by atoms with Crippen LogP contribution in [-0.4, -0.2) is 45.3 Å². The van der Waals surface area contributed by atoms with Gasteiger partial charge in [-0.15, -0.1) is 0 Å². The van der Waals surface area contributed by atoms with Crippen molar-refractivity contribution in [2.75, 3.05) is 18.0 Å². The number of carboxylic acids is 1. The maximum Gasteiger partial charge on any atom is 0.314 e. The van der Waals surface area contributed by atoms with Crippen molar-refractivity contribution in [2.45, 2.75) is 39.7 Å². The molecule has 0 saturated carbocycles. The molecule has 0 spiro atoms. The summed E-state index contributed by atoms with van der Waals surface area (Å²) in [7, 11) is 0. The zero-order chi connectivity index (χ0) is 18.9. The average Bonchev–Trinajstić information content (AvgIpc) is 2.61. The molecule has 1 fully saturated rings. The SMILES string of the molecule is Cc1nc(C)c(C)c(N2CC[C@@H](O)[C@](Cc3ccccc3)(C(=O)O)C2)n1. The molecule has 2 N–H and O–H groups in total. The molecular formula is C20H25N3O3. The van der Waals surface area contributed by atoms with Crippen molar-refractivity contribution in [3.05, 3.63) is 53.0 Å². The van der Waals surface area contributed by atoms with E-state index in [-0.39, 0.29) is 13.0 Å². The number of anilines is 1. The van der Waals surface area contributed by atoms with Crippen LogP contribution in [0.1, 0.15) is 29.1 Å². The van der Waals surface area contributed by atoms with Crippen molar-refractivity contribution >= 4 is 11.8 Å². The molecule has 1 aromatic carbocycles. The smallest absolute Gasteiger partial charge is 0.314 e. The lowest BCUT2D eigenvalue weighted by atomic mass is 9.72. The van der Waals surface area contributed by atoms with Gasteiger partial charge in [0.1, 0.15) is 17.1 Å². The third-order valence-corrected chi connectivity index (χ3v) is 5.35. The number of benzene rings is 1. The second-order valence-corrected chi connectivity index (χ2v) is 7.15. The molecule has 1 saturated heterocycles. The van der Waals surface area contributed by atoms with Gasteiger partial charge in [0.05, 0.1) is 6.10 Å². The minimum Gasteiger partial charge on any atom is -0.481 e. The lowest BCUT2D eigenvalue weighted by Gasteiger charge is -2.44. The van der Waals surface area contributed by atoms with Gasteiger partial charge in [0.2, 0.25) is 0 Å². The summed E-state index contributed by atoms with van der Waals surface area (Å²) in [6.45, 7) is 6.51. The maximum absolute atomic E-state index is 12.3. The van der Waals surface area contributed by atoms with Gasteiger partial charge < -0.3 is 15.1 Å². The average molecular weight is 355 g/mol. The summed E-state index contributed by atoms with van der Waals surface area (Å²) >= 11 is 0. The second-order valence-electron chi connectivity index (χ2n) is 7.15. The normalized spacial score (nSPS) is 23.1. The molecule has 138 valence electrons. The molecule has 6 nitrogen and oxygen atoms in total. The van der Waals surface area contributed by atoms with E-state index in [0.29, 0.717) is 18.8 Å². The first-order valence-corrected chi connectivity index (χ1v) is 8.85. The third-order valence-electron chi connectivity index (χ3n) is 5.35. The molecule has 26 heavy (non-hydrogen) atoms. The number of aliphatic hydroxyl groups is 1. The van der Waals surface area contributed by atoms with Gasteiger partial charge in [-0.3, -0.25) is 4.79 Å². The van der Waals surface area contributed by atoms with Gasteiger partial charge in [0.15, 0.2) is 0 Å². The Bertz CT molecular complexity index is 809. The Kier molecular flexibility index (Phi) is 4.96. The van der Waals surface area contributed by atoms with Crippen LogP contribution in [0.4, 0.5) is 5.82 Å². The molecule has 2 heterocycles. The number of hydrogen-bond acceptors (Lipinski definition) is 5. The first-order chi connectivity index (χ1) is 12.3. The van der Waals surface area contributed by atoms with Crippen LogP contribution >= 0.6 is 0 Å². The standard InChI is InChI=1S/C20H25N3O3/c1-13-14(2)21-15(3)22-18(13)23-10-9-17(24)20(12-23,19(25)26)11-16-7-5-4-6-8-16/h4-8,17,24H,9-12H2,1-3H3,(H,25,26)/t17-,20-/m1/s1. The quantitative estimate of drug-likeness (QED) is 0.875. The maximum atomic E-state index is 12.3. The third kappa shape index (κ3) is 3.29. The molecule has 2 atom stereocenters. The molecule has 3 rings (SSSR count). The van der Waals surface area contributed by atoms with Crippen molar-refractivity contribution in [1.29, 1.82) is 0 Å². The van der Waals surface area contributed by atoms with E-state index in [9.17, 15) is 15.0 Å². The Morgan fingerprint density at radius 1 is 1.23 bits per heavy atom. The number of aliphatic hydroxyl groups excluding tert-OH is 1. The number of aromatic nitrogens is 2. The fourth-order valence-electron chi connectivity index (χ4n) is 3.74. The van der Waals surface area contributed by atoms with Crippen LogP contribution in [0, 0.1) is 26.2 Å². The highest BCUT2D eigenvalue weighted by Crippen LogP contribution is 2.37. The number of aryl methyl sites for hydroxylation is 2. The predicted molar refractivity (Wildman–Crippen MR) is 99.3 cm³/mol. The Labute approximate surface area is 153 Å². The van der Waals surface area contributed by atoms with E-state index < -0.39 is 17.5 Å². The highest BCUT2D eigenvalue weighted by molar-refractivity contribution is 5.77. The summed E-state index contributed by atoms with van der Waals surface area (Å²) in [5, 5.41) is 20.7. The zero-order valence-electron chi connectivity index (χ0n) is 15.4. The Balaban J connectivity index is 1.99. The molecule has 2 aromatic rings. The monoisotopic (exact) mass is 355 g/mol. The number of nitrogens with zero attached hydrogens (tertiary/aromatic N) is 3. The van der Waals surface area contributed by atoms with Crippen molar-refractivity contribution in [3.63, 3.8) is 0 Å². The molecule has 0 unspecified atom stereocenters. The molecule has 0 amide bonds. The van der Waals surface area contributed by atoms with Crippen LogP contribution in [0.15, 0.2) is 30.3 Å². The molecule has 1 aliphatic rings. The number of aliphatic carboxylic acids is 1.